The van der Waals surface area contributed by atoms with Gasteiger partial charge < -0.3 is 5.11 Å². The van der Waals surface area contributed by atoms with Crippen molar-refractivity contribution in [3.05, 3.63) is 67.8 Å². The maximum absolute atomic E-state index is 12.0. The van der Waals surface area contributed by atoms with Crippen LogP contribution in [-0.2, 0) is 13.6 Å². The van der Waals surface area contributed by atoms with Gasteiger partial charge in [-0.1, -0.05) is 12.1 Å². The lowest BCUT2D eigenvalue weighted by Crippen LogP contribution is -2.37. The van der Waals surface area contributed by atoms with E-state index in [9.17, 15) is 14.7 Å². The number of thiazole rings is 1. The van der Waals surface area contributed by atoms with Crippen molar-refractivity contribution in [3.63, 3.8) is 0 Å². The molecule has 112 valence electrons. The lowest BCUT2D eigenvalue weighted by atomic mass is 10.2. The van der Waals surface area contributed by atoms with Crippen molar-refractivity contribution in [1.82, 2.24) is 14.1 Å². The molecule has 0 saturated carbocycles. The third kappa shape index (κ3) is 2.71. The zero-order valence-corrected chi connectivity index (χ0v) is 12.6. The first kappa shape index (κ1) is 14.3. The van der Waals surface area contributed by atoms with E-state index in [0.29, 0.717) is 6.54 Å². The van der Waals surface area contributed by atoms with Gasteiger partial charge in [0.1, 0.15) is 10.8 Å². The van der Waals surface area contributed by atoms with E-state index in [1.54, 1.807) is 18.2 Å². The summed E-state index contributed by atoms with van der Waals surface area (Å²) < 4.78 is 2.50. The van der Waals surface area contributed by atoms with Crippen LogP contribution in [0.5, 0.6) is 5.75 Å². The Morgan fingerprint density at radius 1 is 1.27 bits per heavy atom. The number of hydrogen-bond acceptors (Lipinski definition) is 5. The second-order valence-corrected chi connectivity index (χ2v) is 5.74. The number of phenolic OH excluding ortho intramolecular Hbond substituents is 1. The molecule has 7 heteroatoms. The van der Waals surface area contributed by atoms with Crippen LogP contribution in [0.3, 0.4) is 0 Å². The van der Waals surface area contributed by atoms with Crippen LogP contribution in [0.25, 0.3) is 11.3 Å². The number of nitrogens with zero attached hydrogens (tertiary/aromatic N) is 3. The molecule has 0 amide bonds. The number of benzene rings is 1. The standard InChI is InChI=1S/C15H13N3O3S/c1-17-14(20)5-6-18(15(17)21)8-13-16-12(9-22-13)10-3-2-4-11(19)7-10/h2-7,9,19H,8H2,1H3. The quantitative estimate of drug-likeness (QED) is 0.793. The SMILES string of the molecule is Cn1c(=O)ccn(Cc2nc(-c3cccc(O)c3)cs2)c1=O. The van der Waals surface area contributed by atoms with Crippen molar-refractivity contribution in [3.8, 4) is 17.0 Å². The van der Waals surface area contributed by atoms with E-state index in [2.05, 4.69) is 4.98 Å². The van der Waals surface area contributed by atoms with Crippen molar-refractivity contribution in [2.45, 2.75) is 6.54 Å². The van der Waals surface area contributed by atoms with Crippen molar-refractivity contribution >= 4 is 11.3 Å². The molecule has 0 aliphatic rings. The molecular formula is C15H13N3O3S. The smallest absolute Gasteiger partial charge is 0.331 e. The Bertz CT molecular complexity index is 939. The fourth-order valence-corrected chi connectivity index (χ4v) is 2.86. The summed E-state index contributed by atoms with van der Waals surface area (Å²) >= 11 is 1.42. The highest BCUT2D eigenvalue weighted by Gasteiger charge is 2.08. The Morgan fingerprint density at radius 2 is 2.09 bits per heavy atom. The molecule has 3 aromatic rings. The van der Waals surface area contributed by atoms with Crippen molar-refractivity contribution in [1.29, 1.82) is 0 Å². The van der Waals surface area contributed by atoms with E-state index in [0.717, 1.165) is 20.8 Å². The predicted octanol–water partition coefficient (Wildman–Crippen LogP) is 1.42. The third-order valence-corrected chi connectivity index (χ3v) is 4.09. The fraction of sp³-hybridized carbons (Fsp3) is 0.133. The molecule has 0 aliphatic carbocycles. The zero-order chi connectivity index (χ0) is 15.7. The molecule has 0 saturated heterocycles. The van der Waals surface area contributed by atoms with Crippen LogP contribution in [0, 0.1) is 0 Å². The van der Waals surface area contributed by atoms with E-state index in [4.69, 9.17) is 0 Å². The first-order chi connectivity index (χ1) is 10.5. The number of aromatic hydroxyl groups is 1. The summed E-state index contributed by atoms with van der Waals surface area (Å²) in [5.41, 5.74) is 0.853. The largest absolute Gasteiger partial charge is 0.508 e. The summed E-state index contributed by atoms with van der Waals surface area (Å²) in [6, 6.07) is 8.20. The van der Waals surface area contributed by atoms with E-state index >= 15 is 0 Å². The summed E-state index contributed by atoms with van der Waals surface area (Å²) in [5, 5.41) is 12.1. The molecule has 1 N–H and O–H groups in total. The van der Waals surface area contributed by atoms with E-state index in [-0.39, 0.29) is 17.0 Å². The molecule has 3 rings (SSSR count). The first-order valence-corrected chi connectivity index (χ1v) is 7.43. The lowest BCUT2D eigenvalue weighted by molar-refractivity contribution is 0.475. The summed E-state index contributed by atoms with van der Waals surface area (Å²) in [6.45, 7) is 0.302. The van der Waals surface area contributed by atoms with Crippen molar-refractivity contribution in [2.24, 2.45) is 7.05 Å². The second-order valence-electron chi connectivity index (χ2n) is 4.80. The van der Waals surface area contributed by atoms with E-state index in [1.165, 1.54) is 35.2 Å². The van der Waals surface area contributed by atoms with Gasteiger partial charge in [0.05, 0.1) is 12.2 Å². The molecule has 1 aromatic carbocycles. The minimum absolute atomic E-state index is 0.182. The van der Waals surface area contributed by atoms with Crippen LogP contribution in [0.2, 0.25) is 0 Å². The van der Waals surface area contributed by atoms with Gasteiger partial charge in [-0.05, 0) is 12.1 Å². The molecule has 0 bridgehead atoms. The number of phenols is 1. The van der Waals surface area contributed by atoms with E-state index < -0.39 is 0 Å². The molecular weight excluding hydrogens is 302 g/mol. The van der Waals surface area contributed by atoms with Gasteiger partial charge in [-0.25, -0.2) is 9.78 Å². The highest BCUT2D eigenvalue weighted by Crippen LogP contribution is 2.24. The molecule has 6 nitrogen and oxygen atoms in total. The van der Waals surface area contributed by atoms with Crippen molar-refractivity contribution in [2.75, 3.05) is 0 Å². The highest BCUT2D eigenvalue weighted by molar-refractivity contribution is 7.09. The molecule has 0 spiro atoms. The van der Waals surface area contributed by atoms with Crippen LogP contribution < -0.4 is 11.2 Å². The monoisotopic (exact) mass is 315 g/mol. The lowest BCUT2D eigenvalue weighted by Gasteiger charge is -2.04. The number of aromatic nitrogens is 3. The van der Waals surface area contributed by atoms with Crippen LogP contribution in [0.15, 0.2) is 51.5 Å². The van der Waals surface area contributed by atoms with Gasteiger partial charge in [0, 0.05) is 30.3 Å². The minimum Gasteiger partial charge on any atom is -0.508 e. The Hall–Kier alpha value is -2.67. The molecule has 22 heavy (non-hydrogen) atoms. The summed E-state index contributed by atoms with van der Waals surface area (Å²) in [7, 11) is 1.45. The maximum Gasteiger partial charge on any atom is 0.331 e. The van der Waals surface area contributed by atoms with Crippen LogP contribution in [-0.4, -0.2) is 19.2 Å². The van der Waals surface area contributed by atoms with Gasteiger partial charge in [-0.3, -0.25) is 13.9 Å². The Labute approximate surface area is 129 Å². The Kier molecular flexibility index (Phi) is 3.64. The number of hydrogen-bond donors (Lipinski definition) is 1. The third-order valence-electron chi connectivity index (χ3n) is 3.26. The van der Waals surface area contributed by atoms with Crippen LogP contribution in [0.4, 0.5) is 0 Å². The Morgan fingerprint density at radius 3 is 2.86 bits per heavy atom. The number of rotatable bonds is 3. The molecule has 2 heterocycles. The fourth-order valence-electron chi connectivity index (χ4n) is 2.06. The molecule has 0 aliphatic heterocycles. The topological polar surface area (TPSA) is 77.1 Å². The van der Waals surface area contributed by atoms with Crippen LogP contribution >= 0.6 is 11.3 Å². The minimum atomic E-state index is -0.374. The normalized spacial score (nSPS) is 10.8. The Balaban J connectivity index is 1.91. The summed E-state index contributed by atoms with van der Waals surface area (Å²) in [6.07, 6.45) is 1.47. The van der Waals surface area contributed by atoms with Gasteiger partial charge in [0.25, 0.3) is 5.56 Å². The van der Waals surface area contributed by atoms with Gasteiger partial charge in [-0.15, -0.1) is 11.3 Å². The average molecular weight is 315 g/mol. The van der Waals surface area contributed by atoms with E-state index in [1.807, 2.05) is 11.4 Å². The highest BCUT2D eigenvalue weighted by atomic mass is 32.1. The molecule has 0 atom stereocenters. The van der Waals surface area contributed by atoms with Gasteiger partial charge >= 0.3 is 5.69 Å². The van der Waals surface area contributed by atoms with Crippen LogP contribution in [0.1, 0.15) is 5.01 Å². The van der Waals surface area contributed by atoms with Crippen molar-refractivity contribution < 1.29 is 5.11 Å². The van der Waals surface area contributed by atoms with Gasteiger partial charge in [-0.2, -0.15) is 0 Å². The molecule has 0 unspecified atom stereocenters. The zero-order valence-electron chi connectivity index (χ0n) is 11.8. The van der Waals surface area contributed by atoms with Gasteiger partial charge in [0.15, 0.2) is 0 Å². The first-order valence-electron chi connectivity index (χ1n) is 6.55. The molecule has 0 fully saturated rings. The van der Waals surface area contributed by atoms with Gasteiger partial charge in [0.2, 0.25) is 0 Å². The maximum atomic E-state index is 12.0. The summed E-state index contributed by atoms with van der Waals surface area (Å²) in [4.78, 5) is 27.8. The molecule has 2 aromatic heterocycles. The summed E-state index contributed by atoms with van der Waals surface area (Å²) in [5.74, 6) is 0.182. The second kappa shape index (κ2) is 5.61. The predicted molar refractivity (Wildman–Crippen MR) is 84.3 cm³/mol. The average Bonchev–Trinajstić information content (AvgIpc) is 2.97. The molecule has 0 radical (unpaired) electrons.